The van der Waals surface area contributed by atoms with Gasteiger partial charge in [-0.15, -0.1) is 0 Å². The van der Waals surface area contributed by atoms with Crippen molar-refractivity contribution in [3.8, 4) is 11.6 Å². The molecule has 0 spiro atoms. The zero-order valence-corrected chi connectivity index (χ0v) is 22.5. The van der Waals surface area contributed by atoms with Crippen molar-refractivity contribution in [2.75, 3.05) is 33.0 Å². The number of aromatic nitrogens is 2. The molecule has 0 saturated carbocycles. The van der Waals surface area contributed by atoms with Crippen molar-refractivity contribution in [2.45, 2.75) is 26.8 Å². The summed E-state index contributed by atoms with van der Waals surface area (Å²) in [5.41, 5.74) is 1.18. The maximum Gasteiger partial charge on any atom is 0.330 e. The summed E-state index contributed by atoms with van der Waals surface area (Å²) in [6.45, 7) is 4.47. The van der Waals surface area contributed by atoms with Crippen LogP contribution in [0.2, 0.25) is 0 Å². The molecule has 0 aliphatic carbocycles. The van der Waals surface area contributed by atoms with Gasteiger partial charge in [-0.2, -0.15) is 0 Å². The first-order chi connectivity index (χ1) is 18.2. The normalized spacial score (nSPS) is 11.9. The van der Waals surface area contributed by atoms with Crippen LogP contribution in [-0.2, 0) is 20.2 Å². The van der Waals surface area contributed by atoms with Gasteiger partial charge in [-0.3, -0.25) is 14.3 Å². The Morgan fingerprint density at radius 1 is 1.11 bits per heavy atom. The number of rotatable bonds is 11. The van der Waals surface area contributed by atoms with Crippen LogP contribution in [0.25, 0.3) is 21.7 Å². The molecule has 4 rings (SSSR count). The van der Waals surface area contributed by atoms with Gasteiger partial charge >= 0.3 is 7.60 Å². The second-order valence-electron chi connectivity index (χ2n) is 8.87. The van der Waals surface area contributed by atoms with E-state index in [9.17, 15) is 24.0 Å². The van der Waals surface area contributed by atoms with E-state index in [2.05, 4.69) is 4.98 Å². The molecule has 11 heteroatoms. The van der Waals surface area contributed by atoms with Crippen molar-refractivity contribution in [1.82, 2.24) is 14.5 Å². The molecule has 2 N–H and O–H groups in total. The standard InChI is InChI=1S/C27H31FN3O6P/c1-4-36-38(35,37-5-2)15-7-14-30(3)26(33)22-20-8-6-13-29-24(20)25(32)23-21(22)17-31(27(23)34)16-18-9-11-19(28)12-10-18/h6,8-13,17,32,34H,4-5,7,14-16H2,1-3H3. The first-order valence-corrected chi connectivity index (χ1v) is 14.1. The van der Waals surface area contributed by atoms with E-state index >= 15 is 0 Å². The smallest absolute Gasteiger partial charge is 0.330 e. The Hall–Kier alpha value is -3.46. The van der Waals surface area contributed by atoms with Gasteiger partial charge in [0.05, 0.1) is 36.9 Å². The van der Waals surface area contributed by atoms with Crippen LogP contribution >= 0.6 is 7.60 Å². The second kappa shape index (κ2) is 11.5. The molecule has 2 aromatic carbocycles. The number of amides is 1. The Bertz CT molecular complexity index is 1490. The van der Waals surface area contributed by atoms with Crippen LogP contribution in [0.5, 0.6) is 11.6 Å². The zero-order chi connectivity index (χ0) is 27.4. The molecule has 2 heterocycles. The highest BCUT2D eigenvalue weighted by Gasteiger charge is 2.27. The molecule has 0 radical (unpaired) electrons. The molecule has 0 bridgehead atoms. The number of hydrogen-bond donors (Lipinski definition) is 2. The summed E-state index contributed by atoms with van der Waals surface area (Å²) in [6, 6.07) is 9.20. The maximum atomic E-state index is 13.8. The van der Waals surface area contributed by atoms with Crippen molar-refractivity contribution in [1.29, 1.82) is 0 Å². The highest BCUT2D eigenvalue weighted by atomic mass is 31.2. The molecule has 202 valence electrons. The Labute approximate surface area is 220 Å². The number of pyridine rings is 1. The van der Waals surface area contributed by atoms with Gasteiger partial charge in [-0.1, -0.05) is 18.2 Å². The minimum absolute atomic E-state index is 0.104. The molecule has 0 aliphatic rings. The third kappa shape index (κ3) is 5.53. The van der Waals surface area contributed by atoms with E-state index in [1.165, 1.54) is 27.8 Å². The molecule has 4 aromatic rings. The fourth-order valence-corrected chi connectivity index (χ4v) is 6.17. The van der Waals surface area contributed by atoms with Crippen LogP contribution in [0.4, 0.5) is 4.39 Å². The third-order valence-corrected chi connectivity index (χ3v) is 8.43. The lowest BCUT2D eigenvalue weighted by molar-refractivity contribution is 0.0798. The first-order valence-electron chi connectivity index (χ1n) is 12.4. The molecule has 0 atom stereocenters. The number of halogens is 1. The Kier molecular flexibility index (Phi) is 8.35. The van der Waals surface area contributed by atoms with E-state index in [-0.39, 0.29) is 72.3 Å². The van der Waals surface area contributed by atoms with Crippen molar-refractivity contribution in [3.05, 3.63) is 65.7 Å². The molecule has 9 nitrogen and oxygen atoms in total. The Balaban J connectivity index is 1.71. The van der Waals surface area contributed by atoms with E-state index in [0.717, 1.165) is 5.56 Å². The molecular weight excluding hydrogens is 512 g/mol. The number of phenols is 1. The average Bonchev–Trinajstić information content (AvgIpc) is 3.21. The van der Waals surface area contributed by atoms with Gasteiger partial charge in [-0.25, -0.2) is 4.39 Å². The molecule has 38 heavy (non-hydrogen) atoms. The quantitative estimate of drug-likeness (QED) is 0.240. The van der Waals surface area contributed by atoms with Crippen molar-refractivity contribution < 1.29 is 33.0 Å². The van der Waals surface area contributed by atoms with E-state index in [1.807, 2.05) is 0 Å². The number of phenolic OH excluding ortho intramolecular Hbond substituents is 1. The fraction of sp³-hybridized carbons (Fsp3) is 0.333. The maximum absolute atomic E-state index is 13.8. The Morgan fingerprint density at radius 3 is 2.45 bits per heavy atom. The van der Waals surface area contributed by atoms with Crippen molar-refractivity contribution >= 4 is 35.2 Å². The molecule has 0 fully saturated rings. The highest BCUT2D eigenvalue weighted by Crippen LogP contribution is 2.48. The molecule has 0 saturated heterocycles. The average molecular weight is 544 g/mol. The van der Waals surface area contributed by atoms with Gasteiger partial charge < -0.3 is 28.7 Å². The second-order valence-corrected chi connectivity index (χ2v) is 11.1. The van der Waals surface area contributed by atoms with Gasteiger partial charge in [0, 0.05) is 36.8 Å². The van der Waals surface area contributed by atoms with Crippen LogP contribution in [0.15, 0.2) is 48.8 Å². The molecular formula is C27H31FN3O6P. The highest BCUT2D eigenvalue weighted by molar-refractivity contribution is 7.53. The number of aromatic hydroxyl groups is 2. The number of hydrogen-bond acceptors (Lipinski definition) is 7. The van der Waals surface area contributed by atoms with Gasteiger partial charge in [0.25, 0.3) is 5.91 Å². The number of carbonyl (C=O) groups is 1. The lowest BCUT2D eigenvalue weighted by atomic mass is 10.00. The monoisotopic (exact) mass is 543 g/mol. The number of benzene rings is 2. The van der Waals surface area contributed by atoms with Gasteiger partial charge in [-0.05, 0) is 44.0 Å². The molecule has 2 aromatic heterocycles. The van der Waals surface area contributed by atoms with Crippen LogP contribution in [0.3, 0.4) is 0 Å². The predicted molar refractivity (Wildman–Crippen MR) is 143 cm³/mol. The van der Waals surface area contributed by atoms with Crippen molar-refractivity contribution in [2.24, 2.45) is 0 Å². The zero-order valence-electron chi connectivity index (χ0n) is 21.6. The largest absolute Gasteiger partial charge is 0.505 e. The van der Waals surface area contributed by atoms with Gasteiger partial charge in [0.15, 0.2) is 5.75 Å². The summed E-state index contributed by atoms with van der Waals surface area (Å²) >= 11 is 0. The summed E-state index contributed by atoms with van der Waals surface area (Å²) in [7, 11) is -1.61. The van der Waals surface area contributed by atoms with Crippen LogP contribution < -0.4 is 0 Å². The fourth-order valence-electron chi connectivity index (χ4n) is 4.52. The minimum Gasteiger partial charge on any atom is -0.505 e. The number of nitrogens with zero attached hydrogens (tertiary/aromatic N) is 3. The summed E-state index contributed by atoms with van der Waals surface area (Å²) in [4.78, 5) is 19.5. The number of carbonyl (C=O) groups excluding carboxylic acids is 1. The topological polar surface area (TPSA) is 114 Å². The summed E-state index contributed by atoms with van der Waals surface area (Å²) in [6.07, 6.45) is 3.64. The van der Waals surface area contributed by atoms with Crippen LogP contribution in [0, 0.1) is 5.82 Å². The van der Waals surface area contributed by atoms with Crippen molar-refractivity contribution in [3.63, 3.8) is 0 Å². The molecule has 1 amide bonds. The third-order valence-electron chi connectivity index (χ3n) is 6.26. The van der Waals surface area contributed by atoms with E-state index in [1.54, 1.807) is 51.4 Å². The lowest BCUT2D eigenvalue weighted by Crippen LogP contribution is -2.28. The predicted octanol–water partition coefficient (Wildman–Crippen LogP) is 5.52. The first kappa shape index (κ1) is 27.6. The summed E-state index contributed by atoms with van der Waals surface area (Å²) < 4.78 is 38.3. The molecule has 0 unspecified atom stereocenters. The Morgan fingerprint density at radius 2 is 1.79 bits per heavy atom. The van der Waals surface area contributed by atoms with E-state index in [0.29, 0.717) is 17.2 Å². The van der Waals surface area contributed by atoms with E-state index in [4.69, 9.17) is 9.05 Å². The van der Waals surface area contributed by atoms with Crippen LogP contribution in [-0.4, -0.2) is 63.5 Å². The van der Waals surface area contributed by atoms with Gasteiger partial charge in [0.2, 0.25) is 5.88 Å². The van der Waals surface area contributed by atoms with Crippen LogP contribution in [0.1, 0.15) is 36.2 Å². The minimum atomic E-state index is -3.24. The number of fused-ring (bicyclic) bond motifs is 2. The van der Waals surface area contributed by atoms with E-state index < -0.39 is 7.60 Å². The molecule has 0 aliphatic heterocycles. The SMILES string of the molecule is CCOP(=O)(CCCN(C)C(=O)c1c2cccnc2c(O)c2c(O)n(Cc3ccc(F)cc3)cc12)OCC. The van der Waals surface area contributed by atoms with Gasteiger partial charge in [0.1, 0.15) is 11.3 Å². The lowest BCUT2D eigenvalue weighted by Gasteiger charge is -2.21. The summed E-state index contributed by atoms with van der Waals surface area (Å²) in [5, 5.41) is 22.9. The summed E-state index contributed by atoms with van der Waals surface area (Å²) in [5.74, 6) is -1.20.